The molecule has 0 aromatic heterocycles. The van der Waals surface area contributed by atoms with Crippen LogP contribution in [0.15, 0.2) is 108 Å². The van der Waals surface area contributed by atoms with Gasteiger partial charge >= 0.3 is 0 Å². The number of hydrogen-bond acceptors (Lipinski definition) is 0. The van der Waals surface area contributed by atoms with Gasteiger partial charge in [0.1, 0.15) is 0 Å². The van der Waals surface area contributed by atoms with Crippen molar-refractivity contribution in [1.29, 1.82) is 0 Å². The van der Waals surface area contributed by atoms with E-state index in [4.69, 9.17) is 0 Å². The quantitative estimate of drug-likeness (QED) is 0.207. The molecule has 0 spiro atoms. The van der Waals surface area contributed by atoms with Crippen molar-refractivity contribution >= 4 is 21.7 Å². The van der Waals surface area contributed by atoms with Crippen LogP contribution in [-0.4, -0.2) is 9.52 Å². The summed E-state index contributed by atoms with van der Waals surface area (Å²) in [5.74, 6) is 1.10. The average Bonchev–Trinajstić information content (AvgIpc) is 3.40. The Morgan fingerprint density at radius 1 is 0.528 bits per heavy atom. The summed E-state index contributed by atoms with van der Waals surface area (Å²) >= 11 is 0. The van der Waals surface area contributed by atoms with Gasteiger partial charge in [-0.1, -0.05) is 132 Å². The molecule has 4 aromatic rings. The summed E-state index contributed by atoms with van der Waals surface area (Å²) in [6.07, 6.45) is 4.88. The van der Waals surface area contributed by atoms with E-state index in [1.54, 1.807) is 0 Å². The van der Waals surface area contributed by atoms with Crippen LogP contribution in [0.5, 0.6) is 0 Å². The number of benzene rings is 4. The summed E-state index contributed by atoms with van der Waals surface area (Å²) in [7, 11) is 0.941. The molecule has 2 atom stereocenters. The summed E-state index contributed by atoms with van der Waals surface area (Å²) in [4.78, 5) is 0. The number of hydrogen-bond donors (Lipinski definition) is 0. The maximum atomic E-state index is 2.44. The summed E-state index contributed by atoms with van der Waals surface area (Å²) in [5.41, 5.74) is 14.3. The molecule has 0 heterocycles. The maximum Gasteiger partial charge on any atom is 0.0397 e. The van der Waals surface area contributed by atoms with Crippen molar-refractivity contribution in [2.75, 3.05) is 0 Å². The molecule has 0 saturated heterocycles. The van der Waals surface area contributed by atoms with Crippen LogP contribution in [0.25, 0.3) is 34.4 Å². The molecule has 174 valence electrons. The predicted molar refractivity (Wildman–Crippen MR) is 152 cm³/mol. The summed E-state index contributed by atoms with van der Waals surface area (Å²) in [6.45, 7) is 4.65. The molecule has 2 radical (unpaired) electrons. The normalized spacial score (nSPS) is 17.6. The Morgan fingerprint density at radius 2 is 0.944 bits per heavy atom. The molecule has 36 heavy (non-hydrogen) atoms. The smallest absolute Gasteiger partial charge is 0.0397 e. The van der Waals surface area contributed by atoms with Gasteiger partial charge in [-0.05, 0) is 58.4 Å². The third-order valence-electron chi connectivity index (χ3n) is 7.74. The fourth-order valence-electron chi connectivity index (χ4n) is 5.90. The van der Waals surface area contributed by atoms with Gasteiger partial charge in [0.15, 0.2) is 0 Å². The molecule has 2 unspecified atom stereocenters. The minimum atomic E-state index is 0. The van der Waals surface area contributed by atoms with Crippen LogP contribution < -0.4 is 0 Å². The van der Waals surface area contributed by atoms with Gasteiger partial charge in [-0.2, -0.15) is 0 Å². The third kappa shape index (κ3) is 4.62. The van der Waals surface area contributed by atoms with Crippen LogP contribution in [0, 0.1) is 0 Å². The summed E-state index contributed by atoms with van der Waals surface area (Å²) in [6, 6.07) is 37.9. The second-order valence-corrected chi connectivity index (χ2v) is 11.2. The van der Waals surface area contributed by atoms with Gasteiger partial charge in [0.05, 0.1) is 0 Å². The number of rotatable bonds is 6. The van der Waals surface area contributed by atoms with Gasteiger partial charge in [-0.25, -0.2) is 0 Å². The van der Waals surface area contributed by atoms with E-state index in [9.17, 15) is 0 Å². The van der Waals surface area contributed by atoms with Gasteiger partial charge in [-0.3, -0.25) is 0 Å². The number of fused-ring (bicyclic) bond motifs is 2. The van der Waals surface area contributed by atoms with Gasteiger partial charge in [-0.15, -0.1) is 0 Å². The van der Waals surface area contributed by atoms with E-state index < -0.39 is 0 Å². The van der Waals surface area contributed by atoms with E-state index in [2.05, 4.69) is 123 Å². The molecule has 0 nitrogen and oxygen atoms in total. The third-order valence-corrected chi connectivity index (χ3v) is 9.13. The summed E-state index contributed by atoms with van der Waals surface area (Å²) < 4.78 is 0. The van der Waals surface area contributed by atoms with Crippen molar-refractivity contribution in [2.24, 2.45) is 0 Å². The molecule has 2 heteroatoms. The minimum absolute atomic E-state index is 0. The molecule has 0 saturated carbocycles. The number of allylic oxidation sites excluding steroid dienone is 2. The molecule has 0 amide bonds. The summed E-state index contributed by atoms with van der Waals surface area (Å²) in [5, 5.41) is 0. The zero-order chi connectivity index (χ0) is 23.8. The van der Waals surface area contributed by atoms with Crippen LogP contribution in [0.1, 0.15) is 47.9 Å². The molecule has 0 fully saturated rings. The van der Waals surface area contributed by atoms with E-state index in [0.29, 0.717) is 11.8 Å². The average molecular weight is 558 g/mol. The van der Waals surface area contributed by atoms with Crippen molar-refractivity contribution in [3.8, 4) is 22.3 Å². The van der Waals surface area contributed by atoms with Crippen LogP contribution in [0.2, 0.25) is 12.1 Å². The molecule has 0 aliphatic heterocycles. The Labute approximate surface area is 237 Å². The first-order valence-electron chi connectivity index (χ1n) is 12.6. The Bertz CT molecular complexity index is 1320. The largest absolute Gasteiger partial charge is 0.0655 e. The first-order chi connectivity index (χ1) is 17.2. The van der Waals surface area contributed by atoms with Gasteiger partial charge in [0.25, 0.3) is 0 Å². The van der Waals surface area contributed by atoms with Crippen molar-refractivity contribution in [2.45, 2.75) is 37.8 Å². The Morgan fingerprint density at radius 3 is 1.36 bits per heavy atom. The predicted octanol–water partition coefficient (Wildman–Crippen LogP) is 9.26. The van der Waals surface area contributed by atoms with Gasteiger partial charge in [0, 0.05) is 47.6 Å². The monoisotopic (exact) mass is 556 g/mol. The first kappa shape index (κ1) is 25.1. The minimum Gasteiger partial charge on any atom is -0.0655 e. The van der Waals surface area contributed by atoms with E-state index in [0.717, 1.165) is 9.52 Å². The van der Waals surface area contributed by atoms with Crippen molar-refractivity contribution in [3.05, 3.63) is 130 Å². The molecule has 2 aliphatic carbocycles. The molecular formula is C34H30SiZr. The van der Waals surface area contributed by atoms with Gasteiger partial charge in [0.2, 0.25) is 0 Å². The topological polar surface area (TPSA) is 0 Å². The van der Waals surface area contributed by atoms with Crippen molar-refractivity contribution < 1.29 is 26.2 Å². The van der Waals surface area contributed by atoms with Crippen molar-refractivity contribution in [3.63, 3.8) is 0 Å². The van der Waals surface area contributed by atoms with Crippen LogP contribution in [0.3, 0.4) is 0 Å². The van der Waals surface area contributed by atoms with Crippen molar-refractivity contribution in [1.82, 2.24) is 0 Å². The molecule has 0 bridgehead atoms. The Hall–Kier alpha value is -2.54. The fourth-order valence-corrected chi connectivity index (χ4v) is 7.72. The van der Waals surface area contributed by atoms with Gasteiger partial charge < -0.3 is 0 Å². The second kappa shape index (κ2) is 10.8. The molecule has 2 aliphatic rings. The SMILES string of the molecule is CC1=Cc2c(-c3ccccc3)cccc2C1C[Si]CC1C(C)=Cc2c(-c3ccccc3)cccc21.[Zr]. The zero-order valence-electron chi connectivity index (χ0n) is 21.0. The van der Waals surface area contributed by atoms with Crippen LogP contribution in [-0.2, 0) is 26.2 Å². The second-order valence-electron chi connectivity index (χ2n) is 9.89. The van der Waals surface area contributed by atoms with Crippen LogP contribution >= 0.6 is 0 Å². The zero-order valence-corrected chi connectivity index (χ0v) is 24.4. The molecule has 4 aromatic carbocycles. The van der Waals surface area contributed by atoms with E-state index in [-0.39, 0.29) is 26.2 Å². The molecular weight excluding hydrogens is 528 g/mol. The fraction of sp³-hybridized carbons (Fsp3) is 0.176. The first-order valence-corrected chi connectivity index (χ1v) is 14.1. The van der Waals surface area contributed by atoms with E-state index in [1.807, 2.05) is 0 Å². The molecule has 0 N–H and O–H groups in total. The van der Waals surface area contributed by atoms with E-state index in [1.165, 1.54) is 67.7 Å². The Kier molecular flexibility index (Phi) is 7.56. The van der Waals surface area contributed by atoms with E-state index >= 15 is 0 Å². The maximum absolute atomic E-state index is 2.44. The standard InChI is InChI=1S/C34H30Si.Zr/c1-23-19-31-27(25-11-5-3-6-12-25)15-9-17-29(31)33(23)21-35-22-34-24(2)20-32-28(16-10-18-30(32)34)26-13-7-4-8-14-26;/h3-20,33-34H,21-22H2,1-2H3;. The molecule has 6 rings (SSSR count). The Balaban J connectivity index is 0.00000267. The van der Waals surface area contributed by atoms with Crippen LogP contribution in [0.4, 0.5) is 0 Å².